The fraction of sp³-hybridized carbons (Fsp3) is 0.711. The lowest BCUT2D eigenvalue weighted by Gasteiger charge is -2.31. The molecule has 0 bridgehead atoms. The van der Waals surface area contributed by atoms with Crippen LogP contribution in [0.25, 0.3) is 11.0 Å². The third kappa shape index (κ3) is 17.4. The summed E-state index contributed by atoms with van der Waals surface area (Å²) in [5.74, 6) is 2.50. The molecule has 1 amide bonds. The molecule has 2 heterocycles. The second-order valence-electron chi connectivity index (χ2n) is 13.2. The van der Waals surface area contributed by atoms with E-state index in [0.29, 0.717) is 30.4 Å². The maximum absolute atomic E-state index is 11.9. The summed E-state index contributed by atoms with van der Waals surface area (Å²) in [6.07, 6.45) is 21.9. The molecular formula is C38H64FN3O5. The molecule has 1 aromatic heterocycles. The van der Waals surface area contributed by atoms with E-state index in [1.165, 1.54) is 77.2 Å². The van der Waals surface area contributed by atoms with Crippen molar-refractivity contribution in [3.8, 4) is 0 Å². The molecule has 0 spiro atoms. The number of nitrogens with zero attached hydrogens (tertiary/aromatic N) is 1. The molecule has 1 aromatic carbocycles. The number of amides is 1. The van der Waals surface area contributed by atoms with E-state index in [9.17, 15) is 18.8 Å². The predicted molar refractivity (Wildman–Crippen MR) is 192 cm³/mol. The number of carbonyl (C=O) groups excluding carboxylic acids is 3. The Hall–Kier alpha value is -2.62. The van der Waals surface area contributed by atoms with Gasteiger partial charge in [0, 0.05) is 43.3 Å². The lowest BCUT2D eigenvalue weighted by Crippen LogP contribution is -2.30. The second kappa shape index (κ2) is 26.3. The maximum Gasteiger partial charge on any atom is 0.211 e. The minimum Gasteiger partial charge on any atom is -0.453 e. The summed E-state index contributed by atoms with van der Waals surface area (Å²) < 4.78 is 21.3. The zero-order valence-electron chi connectivity index (χ0n) is 29.9. The Bertz CT molecular complexity index is 1080. The average Bonchev–Trinajstić information content (AvgIpc) is 3.88. The molecule has 0 radical (unpaired) electrons. The molecule has 3 aliphatic rings. The van der Waals surface area contributed by atoms with Crippen LogP contribution >= 0.6 is 0 Å². The van der Waals surface area contributed by atoms with Crippen molar-refractivity contribution in [2.24, 2.45) is 23.5 Å². The SMILES string of the molecule is C1CCCC1.CC1C(C2CCCCC2)CCN1C.CCC(C=O)CCCC(N)CF.COC.O=CNc1ccc2oc(C=O)cc2c1. The maximum atomic E-state index is 11.9. The number of rotatable bonds is 11. The fourth-order valence-corrected chi connectivity index (χ4v) is 6.57. The first kappa shape index (κ1) is 42.4. The van der Waals surface area contributed by atoms with E-state index < -0.39 is 6.67 Å². The molecule has 1 saturated heterocycles. The summed E-state index contributed by atoms with van der Waals surface area (Å²) in [4.78, 5) is 33.5. The minimum absolute atomic E-state index is 0.136. The van der Waals surface area contributed by atoms with Gasteiger partial charge in [0.05, 0.1) is 0 Å². The number of anilines is 1. The van der Waals surface area contributed by atoms with E-state index in [-0.39, 0.29) is 17.7 Å². The Morgan fingerprint density at radius 2 is 1.62 bits per heavy atom. The van der Waals surface area contributed by atoms with Crippen LogP contribution in [-0.4, -0.2) is 70.5 Å². The molecule has 268 valence electrons. The number of fused-ring (bicyclic) bond motifs is 1. The van der Waals surface area contributed by atoms with Crippen molar-refractivity contribution in [2.75, 3.05) is 39.8 Å². The van der Waals surface area contributed by atoms with Crippen molar-refractivity contribution in [3.05, 3.63) is 30.0 Å². The predicted octanol–water partition coefficient (Wildman–Crippen LogP) is 8.61. The number of halogens is 1. The van der Waals surface area contributed by atoms with Gasteiger partial charge in [0.25, 0.3) is 0 Å². The third-order valence-corrected chi connectivity index (χ3v) is 9.58. The van der Waals surface area contributed by atoms with Gasteiger partial charge in [-0.15, -0.1) is 0 Å². The van der Waals surface area contributed by atoms with Crippen LogP contribution in [0, 0.1) is 17.8 Å². The van der Waals surface area contributed by atoms with Crippen LogP contribution in [0.4, 0.5) is 10.1 Å². The highest BCUT2D eigenvalue weighted by molar-refractivity contribution is 5.88. The monoisotopic (exact) mass is 661 g/mol. The Morgan fingerprint density at radius 3 is 2.11 bits per heavy atom. The molecule has 5 rings (SSSR count). The Kier molecular flexibility index (Phi) is 23.8. The van der Waals surface area contributed by atoms with Gasteiger partial charge in [-0.3, -0.25) is 9.59 Å². The number of aldehydes is 2. The first-order chi connectivity index (χ1) is 22.8. The number of alkyl halides is 1. The molecule has 2 aromatic rings. The van der Waals surface area contributed by atoms with E-state index in [4.69, 9.17) is 10.2 Å². The number of benzene rings is 1. The van der Waals surface area contributed by atoms with Crippen LogP contribution in [0.3, 0.4) is 0 Å². The summed E-state index contributed by atoms with van der Waals surface area (Å²) in [5.41, 5.74) is 6.68. The smallest absolute Gasteiger partial charge is 0.211 e. The second-order valence-corrected chi connectivity index (χ2v) is 13.2. The van der Waals surface area contributed by atoms with Crippen LogP contribution in [-0.2, 0) is 14.3 Å². The number of hydrogen-bond donors (Lipinski definition) is 2. The largest absolute Gasteiger partial charge is 0.453 e. The highest BCUT2D eigenvalue weighted by atomic mass is 19.1. The van der Waals surface area contributed by atoms with E-state index in [1.807, 2.05) is 6.92 Å². The Morgan fingerprint density at radius 1 is 1.00 bits per heavy atom. The van der Waals surface area contributed by atoms with Gasteiger partial charge < -0.3 is 29.9 Å². The Balaban J connectivity index is 0.000000316. The minimum atomic E-state index is -0.460. The van der Waals surface area contributed by atoms with Crippen molar-refractivity contribution in [2.45, 2.75) is 122 Å². The molecule has 1 aliphatic heterocycles. The quantitative estimate of drug-likeness (QED) is 0.232. The van der Waals surface area contributed by atoms with Gasteiger partial charge in [-0.1, -0.05) is 77.6 Å². The average molecular weight is 662 g/mol. The number of carbonyl (C=O) groups is 3. The lowest BCUT2D eigenvalue weighted by atomic mass is 9.77. The normalized spacial score (nSPS) is 20.5. The van der Waals surface area contributed by atoms with Gasteiger partial charge in [0.2, 0.25) is 6.41 Å². The van der Waals surface area contributed by atoms with Gasteiger partial charge in [0.15, 0.2) is 12.0 Å². The molecular weight excluding hydrogens is 597 g/mol. The Labute approximate surface area is 283 Å². The van der Waals surface area contributed by atoms with Crippen molar-refractivity contribution in [1.29, 1.82) is 0 Å². The van der Waals surface area contributed by atoms with Crippen molar-refractivity contribution < 1.29 is 27.9 Å². The lowest BCUT2D eigenvalue weighted by molar-refractivity contribution is -0.111. The highest BCUT2D eigenvalue weighted by Gasteiger charge is 2.34. The van der Waals surface area contributed by atoms with Crippen molar-refractivity contribution in [1.82, 2.24) is 4.90 Å². The highest BCUT2D eigenvalue weighted by Crippen LogP contribution is 2.37. The van der Waals surface area contributed by atoms with Gasteiger partial charge >= 0.3 is 0 Å². The summed E-state index contributed by atoms with van der Waals surface area (Å²) in [6, 6.07) is 7.28. The van der Waals surface area contributed by atoms with Gasteiger partial charge in [-0.05, 0) is 82.3 Å². The molecule has 2 saturated carbocycles. The number of furan rings is 1. The van der Waals surface area contributed by atoms with Crippen LogP contribution in [0.1, 0.15) is 121 Å². The van der Waals surface area contributed by atoms with Crippen LogP contribution < -0.4 is 11.1 Å². The number of hydrogen-bond acceptors (Lipinski definition) is 7. The topological polar surface area (TPSA) is 115 Å². The van der Waals surface area contributed by atoms with Crippen LogP contribution in [0.15, 0.2) is 28.7 Å². The number of nitrogens with one attached hydrogen (secondary N) is 1. The van der Waals surface area contributed by atoms with Crippen molar-refractivity contribution >= 4 is 35.6 Å². The molecule has 4 unspecified atom stereocenters. The number of methoxy groups -OCH3 is 1. The molecule has 47 heavy (non-hydrogen) atoms. The zero-order chi connectivity index (χ0) is 34.9. The van der Waals surface area contributed by atoms with Crippen LogP contribution in [0.2, 0.25) is 0 Å². The number of ether oxygens (including phenoxy) is 1. The molecule has 3 fully saturated rings. The van der Waals surface area contributed by atoms with Gasteiger partial charge in [-0.2, -0.15) is 0 Å². The van der Waals surface area contributed by atoms with E-state index in [1.54, 1.807) is 38.5 Å². The first-order valence-electron chi connectivity index (χ1n) is 17.8. The van der Waals surface area contributed by atoms with Gasteiger partial charge in [0.1, 0.15) is 18.5 Å². The number of nitrogens with two attached hydrogens (primary N) is 1. The zero-order valence-corrected chi connectivity index (χ0v) is 29.9. The summed E-state index contributed by atoms with van der Waals surface area (Å²) in [5, 5.41) is 3.31. The first-order valence-corrected chi connectivity index (χ1v) is 17.8. The molecule has 2 aliphatic carbocycles. The summed E-state index contributed by atoms with van der Waals surface area (Å²) >= 11 is 0. The van der Waals surface area contributed by atoms with Crippen molar-refractivity contribution in [3.63, 3.8) is 0 Å². The summed E-state index contributed by atoms with van der Waals surface area (Å²) in [6.45, 7) is 5.28. The van der Waals surface area contributed by atoms with E-state index in [0.717, 1.165) is 48.8 Å². The molecule has 9 heteroatoms. The van der Waals surface area contributed by atoms with E-state index >= 15 is 0 Å². The van der Waals surface area contributed by atoms with Crippen LogP contribution in [0.5, 0.6) is 0 Å². The van der Waals surface area contributed by atoms with Gasteiger partial charge in [-0.25, -0.2) is 4.39 Å². The summed E-state index contributed by atoms with van der Waals surface area (Å²) in [7, 11) is 5.54. The molecule has 4 atom stereocenters. The third-order valence-electron chi connectivity index (χ3n) is 9.58. The fourth-order valence-electron chi connectivity index (χ4n) is 6.57. The van der Waals surface area contributed by atoms with E-state index in [2.05, 4.69) is 28.9 Å². The molecule has 8 nitrogen and oxygen atoms in total. The number of likely N-dealkylation sites (tertiary alicyclic amines) is 1. The standard InChI is InChI=1S/C12H23N.C10H7NO3.C9H18FNO.C5H10.C2H6O/c1-10-12(8-9-13(10)2)11-6-4-3-5-7-11;12-5-9-4-7-3-8(11-6-13)1-2-10(7)14-9;1-2-8(7-12)4-3-5-9(11)6-10;1-2-4-5-3-1;1-3-2/h10-12H,3-9H2,1-2H3;1-6H,(H,11,13);7-9H,2-6,11H2,1H3;1-5H2;1-2H3. The molecule has 3 N–H and O–H groups in total.